The highest BCUT2D eigenvalue weighted by atomic mass is 35.5. The Morgan fingerprint density at radius 3 is 2.62 bits per heavy atom. The van der Waals surface area contributed by atoms with Crippen LogP contribution in [0.25, 0.3) is 0 Å². The van der Waals surface area contributed by atoms with E-state index in [9.17, 15) is 14.4 Å². The Kier molecular flexibility index (Phi) is 6.42. The number of aromatic nitrogens is 3. The Bertz CT molecular complexity index is 784. The van der Waals surface area contributed by atoms with Crippen molar-refractivity contribution in [3.05, 3.63) is 5.82 Å². The molecule has 0 unspecified atom stereocenters. The van der Waals surface area contributed by atoms with Crippen molar-refractivity contribution >= 4 is 36.2 Å². The van der Waals surface area contributed by atoms with Gasteiger partial charge >= 0.3 is 6.03 Å². The van der Waals surface area contributed by atoms with Gasteiger partial charge in [0.1, 0.15) is 5.54 Å². The molecular formula is C18H28ClN7O3. The van der Waals surface area contributed by atoms with Gasteiger partial charge in [0.2, 0.25) is 11.9 Å². The number of anilines is 1. The number of hydrogen-bond donors (Lipinski definition) is 3. The molecule has 3 fully saturated rings. The lowest BCUT2D eigenvalue weighted by Crippen LogP contribution is -2.44. The third-order valence-corrected chi connectivity index (χ3v) is 6.00. The van der Waals surface area contributed by atoms with Crippen molar-refractivity contribution in [3.8, 4) is 0 Å². The molecule has 1 aromatic rings. The van der Waals surface area contributed by atoms with E-state index in [-0.39, 0.29) is 37.2 Å². The average molecular weight is 426 g/mol. The number of nitrogens with one attached hydrogen (secondary N) is 3. The van der Waals surface area contributed by atoms with Crippen LogP contribution in [-0.4, -0.2) is 62.7 Å². The number of urea groups is 1. The monoisotopic (exact) mass is 425 g/mol. The maximum absolute atomic E-state index is 12.6. The van der Waals surface area contributed by atoms with Gasteiger partial charge < -0.3 is 10.6 Å². The Hall–Kier alpha value is -2.20. The van der Waals surface area contributed by atoms with E-state index in [4.69, 9.17) is 0 Å². The molecule has 0 aromatic carbocycles. The van der Waals surface area contributed by atoms with Crippen molar-refractivity contribution in [2.75, 3.05) is 25.0 Å². The van der Waals surface area contributed by atoms with Gasteiger partial charge in [0.15, 0.2) is 5.82 Å². The number of imide groups is 1. The molecule has 3 heterocycles. The molecule has 29 heavy (non-hydrogen) atoms. The number of piperidine rings is 1. The van der Waals surface area contributed by atoms with Crippen LogP contribution in [0.1, 0.15) is 56.7 Å². The van der Waals surface area contributed by atoms with Gasteiger partial charge in [0.25, 0.3) is 5.91 Å². The molecule has 4 rings (SSSR count). The van der Waals surface area contributed by atoms with E-state index < -0.39 is 11.6 Å². The van der Waals surface area contributed by atoms with E-state index in [1.807, 2.05) is 0 Å². The normalized spacial score (nSPS) is 21.3. The van der Waals surface area contributed by atoms with Crippen LogP contribution in [0.2, 0.25) is 0 Å². The van der Waals surface area contributed by atoms with E-state index in [0.29, 0.717) is 24.7 Å². The number of carbonyl (C=O) groups is 3. The van der Waals surface area contributed by atoms with Gasteiger partial charge in [-0.3, -0.25) is 19.8 Å². The van der Waals surface area contributed by atoms with E-state index in [1.165, 1.54) is 4.90 Å². The molecule has 1 aliphatic carbocycles. The van der Waals surface area contributed by atoms with Crippen molar-refractivity contribution in [1.29, 1.82) is 0 Å². The fraction of sp³-hybridized carbons (Fsp3) is 0.722. The van der Waals surface area contributed by atoms with Crippen LogP contribution >= 0.6 is 12.4 Å². The molecule has 0 bridgehead atoms. The zero-order chi connectivity index (χ0) is 19.7. The van der Waals surface area contributed by atoms with Gasteiger partial charge in [-0.2, -0.15) is 10.1 Å². The average Bonchev–Trinajstić information content (AvgIpc) is 3.36. The van der Waals surface area contributed by atoms with Crippen LogP contribution in [0.3, 0.4) is 0 Å². The van der Waals surface area contributed by atoms with Crippen LogP contribution in [0.15, 0.2) is 0 Å². The molecule has 3 aliphatic rings. The lowest BCUT2D eigenvalue weighted by molar-refractivity contribution is -0.131. The Labute approximate surface area is 175 Å². The van der Waals surface area contributed by atoms with Crippen LogP contribution < -0.4 is 16.0 Å². The minimum Gasteiger partial charge on any atom is -0.323 e. The highest BCUT2D eigenvalue weighted by Gasteiger charge is 2.52. The van der Waals surface area contributed by atoms with Crippen LogP contribution in [0.5, 0.6) is 0 Å². The summed E-state index contributed by atoms with van der Waals surface area (Å²) >= 11 is 0. The molecule has 0 atom stereocenters. The molecule has 4 amide bonds. The van der Waals surface area contributed by atoms with Gasteiger partial charge in [0.05, 0.1) is 0 Å². The minimum atomic E-state index is -0.735. The standard InChI is InChI=1S/C18H27N7O3.ClH/c1-24-16(21-14(23-24)12-4-9-19-10-5-12)20-13(26)6-11-25-15(27)18(22-17(25)28)7-2-3-8-18;/h12,19H,2-11H2,1H3,(H,22,28)(H,20,21,23,26);1H. The molecule has 1 spiro atoms. The molecular weight excluding hydrogens is 398 g/mol. The van der Waals surface area contributed by atoms with Gasteiger partial charge in [0, 0.05) is 25.9 Å². The molecule has 1 saturated carbocycles. The van der Waals surface area contributed by atoms with Crippen molar-refractivity contribution in [2.24, 2.45) is 7.05 Å². The van der Waals surface area contributed by atoms with Gasteiger partial charge in [-0.25, -0.2) is 9.48 Å². The first-order valence-electron chi connectivity index (χ1n) is 10.0. The number of nitrogens with zero attached hydrogens (tertiary/aromatic N) is 4. The first kappa shape index (κ1) is 21.5. The summed E-state index contributed by atoms with van der Waals surface area (Å²) in [5.41, 5.74) is -0.735. The second kappa shape index (κ2) is 8.66. The van der Waals surface area contributed by atoms with E-state index >= 15 is 0 Å². The predicted molar refractivity (Wildman–Crippen MR) is 108 cm³/mol. The molecule has 0 radical (unpaired) electrons. The minimum absolute atomic E-state index is 0. The maximum Gasteiger partial charge on any atom is 0.325 e. The Balaban J connectivity index is 0.00000240. The summed E-state index contributed by atoms with van der Waals surface area (Å²) in [6.07, 6.45) is 5.22. The Morgan fingerprint density at radius 2 is 1.93 bits per heavy atom. The van der Waals surface area contributed by atoms with Crippen molar-refractivity contribution in [3.63, 3.8) is 0 Å². The van der Waals surface area contributed by atoms with Crippen LogP contribution in [-0.2, 0) is 16.6 Å². The summed E-state index contributed by atoms with van der Waals surface area (Å²) in [6.45, 7) is 1.95. The summed E-state index contributed by atoms with van der Waals surface area (Å²) < 4.78 is 1.57. The first-order chi connectivity index (χ1) is 13.5. The fourth-order valence-electron chi connectivity index (χ4n) is 4.36. The summed E-state index contributed by atoms with van der Waals surface area (Å²) in [4.78, 5) is 42.8. The molecule has 1 aromatic heterocycles. The summed E-state index contributed by atoms with van der Waals surface area (Å²) in [5, 5.41) is 13.3. The highest BCUT2D eigenvalue weighted by Crippen LogP contribution is 2.35. The topological polar surface area (TPSA) is 121 Å². The van der Waals surface area contributed by atoms with Crippen molar-refractivity contribution in [1.82, 2.24) is 30.3 Å². The highest BCUT2D eigenvalue weighted by molar-refractivity contribution is 6.07. The van der Waals surface area contributed by atoms with Crippen LogP contribution in [0, 0.1) is 0 Å². The predicted octanol–water partition coefficient (Wildman–Crippen LogP) is 0.897. The lowest BCUT2D eigenvalue weighted by Gasteiger charge is -2.19. The molecule has 3 N–H and O–H groups in total. The first-order valence-corrected chi connectivity index (χ1v) is 10.0. The molecule has 2 aliphatic heterocycles. The summed E-state index contributed by atoms with van der Waals surface area (Å²) in [5.74, 6) is 0.946. The Morgan fingerprint density at radius 1 is 1.24 bits per heavy atom. The number of aryl methyl sites for hydroxylation is 1. The smallest absolute Gasteiger partial charge is 0.323 e. The lowest BCUT2D eigenvalue weighted by atomic mass is 9.98. The van der Waals surface area contributed by atoms with E-state index in [1.54, 1.807) is 11.7 Å². The molecule has 2 saturated heterocycles. The fourth-order valence-corrected chi connectivity index (χ4v) is 4.36. The van der Waals surface area contributed by atoms with Crippen molar-refractivity contribution in [2.45, 2.75) is 56.4 Å². The number of hydrogen-bond acceptors (Lipinski definition) is 6. The number of rotatable bonds is 5. The van der Waals surface area contributed by atoms with Crippen LogP contribution in [0.4, 0.5) is 10.7 Å². The maximum atomic E-state index is 12.6. The van der Waals surface area contributed by atoms with E-state index in [2.05, 4.69) is 26.0 Å². The van der Waals surface area contributed by atoms with Gasteiger partial charge in [-0.15, -0.1) is 12.4 Å². The van der Waals surface area contributed by atoms with Gasteiger partial charge in [-0.05, 0) is 38.8 Å². The number of halogens is 1. The quantitative estimate of drug-likeness (QED) is 0.602. The largest absolute Gasteiger partial charge is 0.325 e. The second-order valence-electron chi connectivity index (χ2n) is 7.92. The van der Waals surface area contributed by atoms with E-state index in [0.717, 1.165) is 44.6 Å². The molecule has 160 valence electrons. The number of amides is 4. The summed E-state index contributed by atoms with van der Waals surface area (Å²) in [7, 11) is 1.74. The zero-order valence-corrected chi connectivity index (χ0v) is 17.4. The number of carbonyl (C=O) groups excluding carboxylic acids is 3. The third kappa shape index (κ3) is 4.23. The zero-order valence-electron chi connectivity index (χ0n) is 16.6. The SMILES string of the molecule is Cl.Cn1nc(C2CCNCC2)nc1NC(=O)CCN1C(=O)NC2(CCCC2)C1=O. The van der Waals surface area contributed by atoms with Gasteiger partial charge in [-0.1, -0.05) is 12.8 Å². The third-order valence-electron chi connectivity index (χ3n) is 6.00. The summed E-state index contributed by atoms with van der Waals surface area (Å²) in [6, 6.07) is -0.397. The van der Waals surface area contributed by atoms with Crippen molar-refractivity contribution < 1.29 is 14.4 Å². The second-order valence-corrected chi connectivity index (χ2v) is 7.92. The molecule has 10 nitrogen and oxygen atoms in total. The molecule has 11 heteroatoms.